The number of amides is 1. The summed E-state index contributed by atoms with van der Waals surface area (Å²) in [7, 11) is 1.39. The Morgan fingerprint density at radius 3 is 2.65 bits per heavy atom. The van der Waals surface area contributed by atoms with Crippen molar-refractivity contribution in [2.75, 3.05) is 13.7 Å². The second-order valence-electron chi connectivity index (χ2n) is 4.94. The third kappa shape index (κ3) is 4.35. The van der Waals surface area contributed by atoms with Crippen LogP contribution in [0.25, 0.3) is 0 Å². The molecular formula is C17H18FNO4. The number of carbonyl (C=O) groups excluding carboxylic acids is 1. The summed E-state index contributed by atoms with van der Waals surface area (Å²) in [5.41, 5.74) is 0.610. The van der Waals surface area contributed by atoms with Gasteiger partial charge in [-0.1, -0.05) is 18.2 Å². The van der Waals surface area contributed by atoms with Gasteiger partial charge in [0.1, 0.15) is 0 Å². The lowest BCUT2D eigenvalue weighted by Gasteiger charge is -2.15. The first-order valence-electron chi connectivity index (χ1n) is 7.05. The molecule has 2 aromatic carbocycles. The molecule has 6 heteroatoms. The van der Waals surface area contributed by atoms with E-state index in [1.54, 1.807) is 31.2 Å². The fourth-order valence-corrected chi connectivity index (χ4v) is 2.04. The molecule has 2 aromatic rings. The second kappa shape index (κ2) is 7.49. The van der Waals surface area contributed by atoms with Crippen LogP contribution in [0.2, 0.25) is 0 Å². The number of aromatic hydroxyl groups is 1. The van der Waals surface area contributed by atoms with Crippen LogP contribution in [-0.4, -0.2) is 24.7 Å². The number of rotatable bonds is 6. The van der Waals surface area contributed by atoms with Gasteiger partial charge in [0.15, 0.2) is 29.7 Å². The Hall–Kier alpha value is -2.76. The molecular weight excluding hydrogens is 301 g/mol. The van der Waals surface area contributed by atoms with Crippen molar-refractivity contribution >= 4 is 5.91 Å². The van der Waals surface area contributed by atoms with Gasteiger partial charge in [0, 0.05) is 0 Å². The molecule has 1 unspecified atom stereocenters. The number of nitrogens with one attached hydrogen (secondary N) is 1. The standard InChI is InChI=1S/C17H18FNO4/c1-11(12-7-8-15(22-2)13(18)9-12)19-17(21)10-23-16-6-4-3-5-14(16)20/h3-9,11,20H,10H2,1-2H3,(H,19,21). The first kappa shape index (κ1) is 16.6. The monoisotopic (exact) mass is 319 g/mol. The van der Waals surface area contributed by atoms with Crippen LogP contribution in [0.15, 0.2) is 42.5 Å². The van der Waals surface area contributed by atoms with Gasteiger partial charge >= 0.3 is 0 Å². The Morgan fingerprint density at radius 2 is 2.00 bits per heavy atom. The molecule has 0 fully saturated rings. The molecule has 0 aromatic heterocycles. The molecule has 1 amide bonds. The molecule has 0 aliphatic heterocycles. The number of benzene rings is 2. The lowest BCUT2D eigenvalue weighted by molar-refractivity contribution is -0.123. The summed E-state index contributed by atoms with van der Waals surface area (Å²) in [5, 5.41) is 12.3. The third-order valence-corrected chi connectivity index (χ3v) is 3.28. The Balaban J connectivity index is 1.92. The lowest BCUT2D eigenvalue weighted by Crippen LogP contribution is -2.31. The highest BCUT2D eigenvalue weighted by Crippen LogP contribution is 2.24. The Morgan fingerprint density at radius 1 is 1.26 bits per heavy atom. The number of methoxy groups -OCH3 is 1. The highest BCUT2D eigenvalue weighted by Gasteiger charge is 2.13. The Labute approximate surface area is 133 Å². The normalized spacial score (nSPS) is 11.6. The number of carbonyl (C=O) groups is 1. The molecule has 0 saturated carbocycles. The van der Waals surface area contributed by atoms with E-state index in [4.69, 9.17) is 9.47 Å². The summed E-state index contributed by atoms with van der Waals surface area (Å²) in [4.78, 5) is 11.9. The van der Waals surface area contributed by atoms with Gasteiger partial charge in [-0.05, 0) is 36.8 Å². The van der Waals surface area contributed by atoms with Crippen molar-refractivity contribution in [3.8, 4) is 17.2 Å². The van der Waals surface area contributed by atoms with Gasteiger partial charge < -0.3 is 19.9 Å². The van der Waals surface area contributed by atoms with Gasteiger partial charge in [-0.15, -0.1) is 0 Å². The summed E-state index contributed by atoms with van der Waals surface area (Å²) in [6.07, 6.45) is 0. The summed E-state index contributed by atoms with van der Waals surface area (Å²) >= 11 is 0. The highest BCUT2D eigenvalue weighted by molar-refractivity contribution is 5.78. The van der Waals surface area contributed by atoms with Crippen LogP contribution in [0.3, 0.4) is 0 Å². The molecule has 5 nitrogen and oxygen atoms in total. The molecule has 122 valence electrons. The van der Waals surface area contributed by atoms with E-state index in [1.807, 2.05) is 0 Å². The van der Waals surface area contributed by atoms with Crippen LogP contribution in [0.4, 0.5) is 4.39 Å². The number of halogens is 1. The summed E-state index contributed by atoms with van der Waals surface area (Å²) < 4.78 is 23.8. The van der Waals surface area contributed by atoms with Gasteiger partial charge in [-0.2, -0.15) is 0 Å². The van der Waals surface area contributed by atoms with Crippen molar-refractivity contribution in [2.45, 2.75) is 13.0 Å². The first-order valence-corrected chi connectivity index (χ1v) is 7.05. The van der Waals surface area contributed by atoms with Gasteiger partial charge in [0.2, 0.25) is 0 Å². The highest BCUT2D eigenvalue weighted by atomic mass is 19.1. The summed E-state index contributed by atoms with van der Waals surface area (Å²) in [5.74, 6) is -0.528. The number of hydrogen-bond donors (Lipinski definition) is 2. The van der Waals surface area contributed by atoms with Crippen molar-refractivity contribution < 1.29 is 23.8 Å². The van der Waals surface area contributed by atoms with E-state index in [2.05, 4.69) is 5.32 Å². The minimum atomic E-state index is -0.489. The van der Waals surface area contributed by atoms with Crippen molar-refractivity contribution in [1.29, 1.82) is 0 Å². The fraction of sp³-hybridized carbons (Fsp3) is 0.235. The van der Waals surface area contributed by atoms with Gasteiger partial charge in [0.05, 0.1) is 13.2 Å². The van der Waals surface area contributed by atoms with Crippen LogP contribution < -0.4 is 14.8 Å². The predicted octanol–water partition coefficient (Wildman–Crippen LogP) is 2.80. The number of ether oxygens (including phenoxy) is 2. The van der Waals surface area contributed by atoms with Crippen LogP contribution in [0.5, 0.6) is 17.2 Å². The molecule has 0 aliphatic rings. The SMILES string of the molecule is COc1ccc(C(C)NC(=O)COc2ccccc2O)cc1F. The Kier molecular flexibility index (Phi) is 5.41. The van der Waals surface area contributed by atoms with Gasteiger partial charge in [-0.3, -0.25) is 4.79 Å². The van der Waals surface area contributed by atoms with E-state index >= 15 is 0 Å². The van der Waals surface area contributed by atoms with Gasteiger partial charge in [-0.25, -0.2) is 4.39 Å². The van der Waals surface area contributed by atoms with Crippen molar-refractivity contribution in [1.82, 2.24) is 5.32 Å². The lowest BCUT2D eigenvalue weighted by atomic mass is 10.1. The van der Waals surface area contributed by atoms with E-state index in [0.29, 0.717) is 5.56 Å². The largest absolute Gasteiger partial charge is 0.504 e. The summed E-state index contributed by atoms with van der Waals surface area (Å²) in [6, 6.07) is 10.5. The van der Waals surface area contributed by atoms with E-state index < -0.39 is 11.9 Å². The van der Waals surface area contributed by atoms with Crippen molar-refractivity contribution in [3.05, 3.63) is 53.8 Å². The molecule has 0 heterocycles. The maximum absolute atomic E-state index is 13.7. The van der Waals surface area contributed by atoms with Crippen molar-refractivity contribution in [2.24, 2.45) is 0 Å². The van der Waals surface area contributed by atoms with Gasteiger partial charge in [0.25, 0.3) is 5.91 Å². The average Bonchev–Trinajstić information content (AvgIpc) is 2.54. The number of para-hydroxylation sites is 2. The maximum atomic E-state index is 13.7. The molecule has 0 bridgehead atoms. The zero-order valence-corrected chi connectivity index (χ0v) is 12.9. The van der Waals surface area contributed by atoms with Crippen LogP contribution in [-0.2, 0) is 4.79 Å². The second-order valence-corrected chi connectivity index (χ2v) is 4.94. The average molecular weight is 319 g/mol. The molecule has 2 N–H and O–H groups in total. The van der Waals surface area contributed by atoms with E-state index in [-0.39, 0.29) is 29.8 Å². The topological polar surface area (TPSA) is 67.8 Å². The number of phenolic OH excluding ortho intramolecular Hbond substituents is 1. The molecule has 2 rings (SSSR count). The molecule has 0 aliphatic carbocycles. The molecule has 0 saturated heterocycles. The quantitative estimate of drug-likeness (QED) is 0.859. The molecule has 1 atom stereocenters. The molecule has 0 spiro atoms. The van der Waals surface area contributed by atoms with E-state index in [9.17, 15) is 14.3 Å². The predicted molar refractivity (Wildman–Crippen MR) is 83.1 cm³/mol. The van der Waals surface area contributed by atoms with E-state index in [1.165, 1.54) is 25.3 Å². The van der Waals surface area contributed by atoms with Crippen LogP contribution in [0.1, 0.15) is 18.5 Å². The minimum Gasteiger partial charge on any atom is -0.504 e. The summed E-state index contributed by atoms with van der Waals surface area (Å²) in [6.45, 7) is 1.49. The molecule has 0 radical (unpaired) electrons. The smallest absolute Gasteiger partial charge is 0.258 e. The first-order chi connectivity index (χ1) is 11.0. The van der Waals surface area contributed by atoms with Crippen LogP contribution >= 0.6 is 0 Å². The maximum Gasteiger partial charge on any atom is 0.258 e. The zero-order chi connectivity index (χ0) is 16.8. The number of hydrogen-bond acceptors (Lipinski definition) is 4. The molecule has 23 heavy (non-hydrogen) atoms. The van der Waals surface area contributed by atoms with Crippen LogP contribution in [0, 0.1) is 5.82 Å². The zero-order valence-electron chi connectivity index (χ0n) is 12.9. The van der Waals surface area contributed by atoms with Crippen molar-refractivity contribution in [3.63, 3.8) is 0 Å². The van der Waals surface area contributed by atoms with E-state index in [0.717, 1.165) is 0 Å². The number of phenols is 1. The fourth-order valence-electron chi connectivity index (χ4n) is 2.04. The third-order valence-electron chi connectivity index (χ3n) is 3.28. The Bertz CT molecular complexity index is 690. The minimum absolute atomic E-state index is 0.0365.